The zero-order valence-corrected chi connectivity index (χ0v) is 13.8. The van der Waals surface area contributed by atoms with Gasteiger partial charge in [-0.05, 0) is 42.8 Å². The zero-order valence-electron chi connectivity index (χ0n) is 13.8. The third-order valence-electron chi connectivity index (χ3n) is 5.21. The lowest BCUT2D eigenvalue weighted by Crippen LogP contribution is -2.34. The Morgan fingerprint density at radius 3 is 2.44 bits per heavy atom. The second kappa shape index (κ2) is 5.99. The van der Waals surface area contributed by atoms with Crippen LogP contribution in [0.2, 0.25) is 0 Å². The Bertz CT molecular complexity index is 806. The molecule has 2 aliphatic heterocycles. The summed E-state index contributed by atoms with van der Waals surface area (Å²) in [6.07, 6.45) is 1.25. The fourth-order valence-corrected chi connectivity index (χ4v) is 3.90. The van der Waals surface area contributed by atoms with Crippen LogP contribution in [-0.4, -0.2) is 36.3 Å². The van der Waals surface area contributed by atoms with Crippen LogP contribution in [0.5, 0.6) is 0 Å². The summed E-state index contributed by atoms with van der Waals surface area (Å²) in [6, 6.07) is 15.2. The lowest BCUT2D eigenvalue weighted by Gasteiger charge is -2.24. The molecule has 2 aliphatic rings. The van der Waals surface area contributed by atoms with Crippen LogP contribution in [-0.2, 0) is 4.79 Å². The van der Waals surface area contributed by atoms with Crippen LogP contribution >= 0.6 is 0 Å². The van der Waals surface area contributed by atoms with E-state index in [1.165, 1.54) is 12.1 Å². The second-order valence-electron chi connectivity index (χ2n) is 6.98. The minimum absolute atomic E-state index is 0.0187. The van der Waals surface area contributed by atoms with Crippen LogP contribution in [0.25, 0.3) is 0 Å². The molecule has 0 N–H and O–H groups in total. The molecular weight excluding hydrogens is 319 g/mol. The molecule has 2 amide bonds. The third-order valence-corrected chi connectivity index (χ3v) is 5.21. The number of hydrogen-bond acceptors (Lipinski definition) is 2. The minimum Gasteiger partial charge on any atom is -0.338 e. The van der Waals surface area contributed by atoms with E-state index in [9.17, 15) is 14.0 Å². The molecule has 5 heteroatoms. The van der Waals surface area contributed by atoms with Crippen molar-refractivity contribution in [2.24, 2.45) is 5.41 Å². The van der Waals surface area contributed by atoms with Crippen LogP contribution in [0.1, 0.15) is 23.2 Å². The highest BCUT2D eigenvalue weighted by molar-refractivity contribution is 5.97. The van der Waals surface area contributed by atoms with Crippen molar-refractivity contribution in [1.82, 2.24) is 4.90 Å². The van der Waals surface area contributed by atoms with Gasteiger partial charge in [-0.1, -0.05) is 18.2 Å². The van der Waals surface area contributed by atoms with Crippen molar-refractivity contribution in [2.75, 3.05) is 24.5 Å². The van der Waals surface area contributed by atoms with E-state index in [2.05, 4.69) is 0 Å². The summed E-state index contributed by atoms with van der Waals surface area (Å²) in [7, 11) is 0. The molecule has 2 aromatic carbocycles. The summed E-state index contributed by atoms with van der Waals surface area (Å²) in [6.45, 7) is 1.83. The SMILES string of the molecule is O=C(c1ccccc1)N1CC[C@@]2(CC(=O)N(c3ccc(F)cc3)C2)C1. The van der Waals surface area contributed by atoms with Gasteiger partial charge in [0, 0.05) is 42.7 Å². The maximum atomic E-state index is 13.1. The molecular formula is C20H19FN2O2. The monoisotopic (exact) mass is 338 g/mol. The van der Waals surface area contributed by atoms with Crippen molar-refractivity contribution >= 4 is 17.5 Å². The fraction of sp³-hybridized carbons (Fsp3) is 0.300. The van der Waals surface area contributed by atoms with Gasteiger partial charge in [0.2, 0.25) is 5.91 Å². The van der Waals surface area contributed by atoms with Gasteiger partial charge in [-0.15, -0.1) is 0 Å². The number of carbonyl (C=O) groups excluding carboxylic acids is 2. The first-order chi connectivity index (χ1) is 12.1. The van der Waals surface area contributed by atoms with Gasteiger partial charge >= 0.3 is 0 Å². The van der Waals surface area contributed by atoms with Gasteiger partial charge in [0.1, 0.15) is 5.82 Å². The molecule has 1 spiro atoms. The molecule has 0 saturated carbocycles. The van der Waals surface area contributed by atoms with Crippen molar-refractivity contribution < 1.29 is 14.0 Å². The average Bonchev–Trinajstić information content (AvgIpc) is 3.19. The maximum absolute atomic E-state index is 13.1. The molecule has 0 unspecified atom stereocenters. The molecule has 0 radical (unpaired) electrons. The Labute approximate surface area is 145 Å². The van der Waals surface area contributed by atoms with Crippen LogP contribution in [0.15, 0.2) is 54.6 Å². The molecule has 0 bridgehead atoms. The van der Waals surface area contributed by atoms with Crippen LogP contribution < -0.4 is 4.90 Å². The van der Waals surface area contributed by atoms with Gasteiger partial charge < -0.3 is 9.80 Å². The quantitative estimate of drug-likeness (QED) is 0.844. The van der Waals surface area contributed by atoms with Crippen molar-refractivity contribution in [2.45, 2.75) is 12.8 Å². The summed E-state index contributed by atoms with van der Waals surface area (Å²) in [5.41, 5.74) is 1.20. The first kappa shape index (κ1) is 15.8. The molecule has 1 atom stereocenters. The van der Waals surface area contributed by atoms with E-state index in [-0.39, 0.29) is 23.0 Å². The molecule has 2 aromatic rings. The lowest BCUT2D eigenvalue weighted by molar-refractivity contribution is -0.117. The van der Waals surface area contributed by atoms with Crippen LogP contribution in [0.4, 0.5) is 10.1 Å². The predicted molar refractivity (Wildman–Crippen MR) is 92.8 cm³/mol. The zero-order chi connectivity index (χ0) is 17.4. The van der Waals surface area contributed by atoms with E-state index >= 15 is 0 Å². The molecule has 2 saturated heterocycles. The largest absolute Gasteiger partial charge is 0.338 e. The summed E-state index contributed by atoms with van der Waals surface area (Å²) in [5, 5.41) is 0. The van der Waals surface area contributed by atoms with Crippen molar-refractivity contribution in [3.05, 3.63) is 66.0 Å². The number of hydrogen-bond donors (Lipinski definition) is 0. The maximum Gasteiger partial charge on any atom is 0.253 e. The molecule has 2 fully saturated rings. The summed E-state index contributed by atoms with van der Waals surface area (Å²) >= 11 is 0. The summed E-state index contributed by atoms with van der Waals surface area (Å²) < 4.78 is 13.1. The Morgan fingerprint density at radius 1 is 1.00 bits per heavy atom. The van der Waals surface area contributed by atoms with E-state index in [0.29, 0.717) is 31.6 Å². The molecule has 2 heterocycles. The molecule has 4 nitrogen and oxygen atoms in total. The average molecular weight is 338 g/mol. The predicted octanol–water partition coefficient (Wildman–Crippen LogP) is 3.09. The van der Waals surface area contributed by atoms with Gasteiger partial charge in [-0.3, -0.25) is 9.59 Å². The minimum atomic E-state index is -0.314. The highest BCUT2D eigenvalue weighted by Gasteiger charge is 2.48. The van der Waals surface area contributed by atoms with Gasteiger partial charge in [-0.2, -0.15) is 0 Å². The molecule has 128 valence electrons. The molecule has 4 rings (SSSR count). The number of rotatable bonds is 2. The van der Waals surface area contributed by atoms with E-state index in [1.807, 2.05) is 35.2 Å². The first-order valence-corrected chi connectivity index (χ1v) is 8.47. The Kier molecular flexibility index (Phi) is 3.79. The summed E-state index contributed by atoms with van der Waals surface area (Å²) in [4.78, 5) is 28.7. The van der Waals surface area contributed by atoms with Gasteiger partial charge in [0.15, 0.2) is 0 Å². The van der Waals surface area contributed by atoms with Crippen molar-refractivity contribution in [3.63, 3.8) is 0 Å². The number of amides is 2. The Hall–Kier alpha value is -2.69. The van der Waals surface area contributed by atoms with Gasteiger partial charge in [0.25, 0.3) is 5.91 Å². The van der Waals surface area contributed by atoms with Crippen molar-refractivity contribution in [3.8, 4) is 0 Å². The Morgan fingerprint density at radius 2 is 1.72 bits per heavy atom. The van der Waals surface area contributed by atoms with Crippen LogP contribution in [0.3, 0.4) is 0 Å². The number of benzene rings is 2. The highest BCUT2D eigenvalue weighted by Crippen LogP contribution is 2.42. The van der Waals surface area contributed by atoms with Gasteiger partial charge in [-0.25, -0.2) is 4.39 Å². The standard InChI is InChI=1S/C20H19FN2O2/c21-16-6-8-17(9-7-16)23-14-20(12-18(23)24)10-11-22(13-20)19(25)15-4-2-1-3-5-15/h1-9H,10-14H2/t20-/m1/s1. The molecule has 0 aliphatic carbocycles. The number of anilines is 1. The van der Waals surface area contributed by atoms with Crippen molar-refractivity contribution in [1.29, 1.82) is 0 Å². The lowest BCUT2D eigenvalue weighted by atomic mass is 9.86. The number of nitrogens with zero attached hydrogens (tertiary/aromatic N) is 2. The van der Waals surface area contributed by atoms with E-state index in [4.69, 9.17) is 0 Å². The normalized spacial score (nSPS) is 22.8. The van der Waals surface area contributed by atoms with E-state index in [0.717, 1.165) is 12.1 Å². The number of carbonyl (C=O) groups is 2. The van der Waals surface area contributed by atoms with Crippen LogP contribution in [0, 0.1) is 11.2 Å². The van der Waals surface area contributed by atoms with Gasteiger partial charge in [0.05, 0.1) is 0 Å². The highest BCUT2D eigenvalue weighted by atomic mass is 19.1. The molecule has 0 aromatic heterocycles. The van der Waals surface area contributed by atoms with E-state index < -0.39 is 0 Å². The topological polar surface area (TPSA) is 40.6 Å². The number of likely N-dealkylation sites (tertiary alicyclic amines) is 1. The summed E-state index contributed by atoms with van der Waals surface area (Å²) in [5.74, 6) is -0.253. The fourth-order valence-electron chi connectivity index (χ4n) is 3.90. The van der Waals surface area contributed by atoms with E-state index in [1.54, 1.807) is 17.0 Å². The number of halogens is 1. The first-order valence-electron chi connectivity index (χ1n) is 8.47. The second-order valence-corrected chi connectivity index (χ2v) is 6.98. The Balaban J connectivity index is 1.50. The third kappa shape index (κ3) is 2.90. The smallest absolute Gasteiger partial charge is 0.253 e. The molecule has 25 heavy (non-hydrogen) atoms.